The molecule has 94 valence electrons. The van der Waals surface area contributed by atoms with E-state index >= 15 is 0 Å². The van der Waals surface area contributed by atoms with Crippen LogP contribution in [0.25, 0.3) is 0 Å². The molecule has 0 radical (unpaired) electrons. The maximum Gasteiger partial charge on any atom is 0.0428 e. The normalized spacial score (nSPS) is 22.8. The monoisotopic (exact) mass is 225 g/mol. The highest BCUT2D eigenvalue weighted by Crippen LogP contribution is 2.35. The quantitative estimate of drug-likeness (QED) is 0.326. The van der Waals surface area contributed by atoms with Gasteiger partial charge in [0, 0.05) is 11.6 Å². The van der Waals surface area contributed by atoms with Crippen molar-refractivity contribution in [3.63, 3.8) is 0 Å². The maximum atomic E-state index is 5.74. The molecule has 1 atom stereocenters. The first-order valence-corrected chi connectivity index (χ1v) is 6.42. The number of nitrogens with two attached hydrogens (primary N) is 1. The number of nitrogens with zero attached hydrogens (tertiary/aromatic N) is 1. The van der Waals surface area contributed by atoms with Gasteiger partial charge >= 0.3 is 0 Å². The van der Waals surface area contributed by atoms with Gasteiger partial charge in [-0.1, -0.05) is 31.8 Å². The van der Waals surface area contributed by atoms with Crippen molar-refractivity contribution in [3.05, 3.63) is 12.7 Å². The topological polar surface area (TPSA) is 41.3 Å². The summed E-state index contributed by atoms with van der Waals surface area (Å²) in [6.07, 6.45) is 10.7. The van der Waals surface area contributed by atoms with E-state index in [1.807, 2.05) is 6.08 Å². The van der Waals surface area contributed by atoms with E-state index in [1.165, 1.54) is 38.5 Å². The number of rotatable bonds is 5. The van der Waals surface area contributed by atoms with Crippen molar-refractivity contribution in [3.8, 4) is 0 Å². The third-order valence-electron chi connectivity index (χ3n) is 4.11. The highest BCUT2D eigenvalue weighted by atomic mass is 15.3. The molecule has 0 amide bonds. The molecule has 16 heavy (non-hydrogen) atoms. The van der Waals surface area contributed by atoms with Crippen molar-refractivity contribution < 1.29 is 0 Å². The molecule has 0 saturated heterocycles. The van der Waals surface area contributed by atoms with Crippen molar-refractivity contribution in [2.45, 2.75) is 56.5 Å². The molecule has 3 N–H and O–H groups in total. The van der Waals surface area contributed by atoms with Gasteiger partial charge in [-0.05, 0) is 33.4 Å². The Morgan fingerprint density at radius 1 is 1.31 bits per heavy atom. The zero-order chi connectivity index (χ0) is 12.0. The number of likely N-dealkylation sites (N-methyl/N-ethyl adjacent to an activating group) is 1. The fraction of sp³-hybridized carbons (Fsp3) is 0.846. The van der Waals surface area contributed by atoms with Crippen molar-refractivity contribution >= 4 is 0 Å². The van der Waals surface area contributed by atoms with Crippen LogP contribution in [-0.2, 0) is 0 Å². The first kappa shape index (κ1) is 13.7. The van der Waals surface area contributed by atoms with E-state index in [2.05, 4.69) is 31.0 Å². The van der Waals surface area contributed by atoms with Crippen molar-refractivity contribution in [2.75, 3.05) is 14.1 Å². The number of hydrazine groups is 1. The van der Waals surface area contributed by atoms with E-state index in [1.54, 1.807) is 0 Å². The van der Waals surface area contributed by atoms with Crippen LogP contribution in [0.2, 0.25) is 0 Å². The number of hydrogen-bond acceptors (Lipinski definition) is 3. The van der Waals surface area contributed by atoms with Gasteiger partial charge in [-0.3, -0.25) is 11.3 Å². The van der Waals surface area contributed by atoms with Gasteiger partial charge in [0.25, 0.3) is 0 Å². The van der Waals surface area contributed by atoms with Gasteiger partial charge in [-0.2, -0.15) is 0 Å². The molecule has 0 aromatic heterocycles. The summed E-state index contributed by atoms with van der Waals surface area (Å²) in [5.41, 5.74) is 3.22. The first-order valence-electron chi connectivity index (χ1n) is 6.42. The molecule has 1 aliphatic rings. The molecule has 0 bridgehead atoms. The predicted molar refractivity (Wildman–Crippen MR) is 70.0 cm³/mol. The van der Waals surface area contributed by atoms with E-state index in [0.29, 0.717) is 6.04 Å². The van der Waals surface area contributed by atoms with Crippen LogP contribution in [0.1, 0.15) is 44.9 Å². The zero-order valence-corrected chi connectivity index (χ0v) is 10.8. The maximum absolute atomic E-state index is 5.74. The molecule has 3 heteroatoms. The molecule has 1 rings (SSSR count). The molecule has 0 aromatic carbocycles. The lowest BCUT2D eigenvalue weighted by Crippen LogP contribution is -2.60. The predicted octanol–water partition coefficient (Wildman–Crippen LogP) is 2.05. The molecule has 0 heterocycles. The Bertz CT molecular complexity index is 205. The second-order valence-electron chi connectivity index (χ2n) is 5.16. The molecule has 1 saturated carbocycles. The van der Waals surface area contributed by atoms with Gasteiger partial charge < -0.3 is 4.90 Å². The minimum absolute atomic E-state index is 0.208. The van der Waals surface area contributed by atoms with Crippen molar-refractivity contribution in [2.24, 2.45) is 5.84 Å². The molecule has 0 aliphatic heterocycles. The molecule has 0 aromatic rings. The highest BCUT2D eigenvalue weighted by Gasteiger charge is 2.39. The minimum Gasteiger partial charge on any atom is -0.302 e. The average molecular weight is 225 g/mol. The Morgan fingerprint density at radius 3 is 2.25 bits per heavy atom. The van der Waals surface area contributed by atoms with E-state index in [4.69, 9.17) is 5.84 Å². The lowest BCUT2D eigenvalue weighted by Gasteiger charge is -2.45. The summed E-state index contributed by atoms with van der Waals surface area (Å²) in [7, 11) is 4.36. The third kappa shape index (κ3) is 2.84. The van der Waals surface area contributed by atoms with E-state index < -0.39 is 0 Å². The Morgan fingerprint density at radius 2 is 1.88 bits per heavy atom. The Kier molecular flexibility index (Phi) is 5.46. The SMILES string of the molecule is C=CCC(NN)C1(N(C)C)CCCCCC1. The van der Waals surface area contributed by atoms with Crippen LogP contribution in [0, 0.1) is 0 Å². The summed E-state index contributed by atoms with van der Waals surface area (Å²) < 4.78 is 0. The van der Waals surface area contributed by atoms with Crippen LogP contribution >= 0.6 is 0 Å². The second kappa shape index (κ2) is 6.38. The van der Waals surface area contributed by atoms with Gasteiger partial charge in [0.2, 0.25) is 0 Å². The van der Waals surface area contributed by atoms with Gasteiger partial charge in [0.15, 0.2) is 0 Å². The Balaban J connectivity index is 2.86. The molecule has 1 aliphatic carbocycles. The van der Waals surface area contributed by atoms with E-state index in [-0.39, 0.29) is 5.54 Å². The first-order chi connectivity index (χ1) is 7.67. The fourth-order valence-electron chi connectivity index (χ4n) is 3.06. The van der Waals surface area contributed by atoms with Gasteiger partial charge in [-0.25, -0.2) is 0 Å². The summed E-state index contributed by atoms with van der Waals surface area (Å²) in [5.74, 6) is 5.74. The highest BCUT2D eigenvalue weighted by molar-refractivity contribution is 5.01. The summed E-state index contributed by atoms with van der Waals surface area (Å²) in [5, 5.41) is 0. The number of nitrogens with one attached hydrogen (secondary N) is 1. The van der Waals surface area contributed by atoms with E-state index in [0.717, 1.165) is 6.42 Å². The Labute approximate surface area is 100 Å². The van der Waals surface area contributed by atoms with Gasteiger partial charge in [0.05, 0.1) is 0 Å². The molecule has 1 unspecified atom stereocenters. The lowest BCUT2D eigenvalue weighted by atomic mass is 9.80. The van der Waals surface area contributed by atoms with Crippen LogP contribution in [0.3, 0.4) is 0 Å². The largest absolute Gasteiger partial charge is 0.302 e. The summed E-state index contributed by atoms with van der Waals surface area (Å²) >= 11 is 0. The van der Waals surface area contributed by atoms with E-state index in [9.17, 15) is 0 Å². The molecular formula is C13H27N3. The van der Waals surface area contributed by atoms with Crippen LogP contribution in [-0.4, -0.2) is 30.6 Å². The van der Waals surface area contributed by atoms with Crippen molar-refractivity contribution in [1.82, 2.24) is 10.3 Å². The average Bonchev–Trinajstić information content (AvgIpc) is 2.52. The third-order valence-corrected chi connectivity index (χ3v) is 4.11. The Hall–Kier alpha value is -0.380. The van der Waals surface area contributed by atoms with Crippen LogP contribution in [0.15, 0.2) is 12.7 Å². The molecular weight excluding hydrogens is 198 g/mol. The van der Waals surface area contributed by atoms with Gasteiger partial charge in [0.1, 0.15) is 0 Å². The zero-order valence-electron chi connectivity index (χ0n) is 10.8. The summed E-state index contributed by atoms with van der Waals surface area (Å²) in [6.45, 7) is 3.84. The standard InChI is InChI=1S/C13H27N3/c1-4-9-12(15-14)13(16(2)3)10-7-5-6-8-11-13/h4,12,15H,1,5-11,14H2,2-3H3. The second-order valence-corrected chi connectivity index (χ2v) is 5.16. The van der Waals surface area contributed by atoms with Gasteiger partial charge in [-0.15, -0.1) is 6.58 Å². The lowest BCUT2D eigenvalue weighted by molar-refractivity contribution is 0.0813. The van der Waals surface area contributed by atoms with Crippen molar-refractivity contribution in [1.29, 1.82) is 0 Å². The smallest absolute Gasteiger partial charge is 0.0428 e. The molecule has 3 nitrogen and oxygen atoms in total. The molecule has 1 fully saturated rings. The summed E-state index contributed by atoms with van der Waals surface area (Å²) in [4.78, 5) is 2.37. The van der Waals surface area contributed by atoms with Crippen LogP contribution < -0.4 is 11.3 Å². The van der Waals surface area contributed by atoms with Crippen LogP contribution in [0.5, 0.6) is 0 Å². The minimum atomic E-state index is 0.208. The van der Waals surface area contributed by atoms with Crippen LogP contribution in [0.4, 0.5) is 0 Å². The molecule has 0 spiro atoms. The fourth-order valence-corrected chi connectivity index (χ4v) is 3.06. The number of hydrogen-bond donors (Lipinski definition) is 2. The summed E-state index contributed by atoms with van der Waals surface area (Å²) in [6, 6.07) is 0.318.